The Bertz CT molecular complexity index is 1030. The van der Waals surface area contributed by atoms with Gasteiger partial charge in [0, 0.05) is 30.7 Å². The highest BCUT2D eigenvalue weighted by Crippen LogP contribution is 2.30. The number of nitrogens with one attached hydrogen (secondary N) is 1. The van der Waals surface area contributed by atoms with Crippen LogP contribution in [-0.4, -0.2) is 71.2 Å². The molecule has 2 fully saturated rings. The van der Waals surface area contributed by atoms with Crippen LogP contribution in [0.1, 0.15) is 23.0 Å². The van der Waals surface area contributed by atoms with Gasteiger partial charge in [-0.3, -0.25) is 19.3 Å². The van der Waals surface area contributed by atoms with Crippen LogP contribution in [0.15, 0.2) is 51.6 Å². The number of urea groups is 1. The largest absolute Gasteiger partial charge is 0.459 e. The second-order valence-corrected chi connectivity index (χ2v) is 8.52. The molecule has 0 spiro atoms. The van der Waals surface area contributed by atoms with Crippen LogP contribution in [-0.2, 0) is 15.1 Å². The van der Waals surface area contributed by atoms with E-state index in [1.165, 1.54) is 6.26 Å². The van der Waals surface area contributed by atoms with E-state index in [1.54, 1.807) is 47.1 Å². The monoisotopic (exact) mass is 488 g/mol. The van der Waals surface area contributed by atoms with Gasteiger partial charge in [-0.1, -0.05) is 28.1 Å². The number of carbonyl (C=O) groups is 4. The fourth-order valence-corrected chi connectivity index (χ4v) is 4.19. The lowest BCUT2D eigenvalue weighted by Gasteiger charge is -2.34. The number of benzene rings is 1. The maximum atomic E-state index is 13.0. The first-order chi connectivity index (χ1) is 14.8. The minimum absolute atomic E-state index is 0.226. The van der Waals surface area contributed by atoms with Crippen molar-refractivity contribution in [1.82, 2.24) is 20.0 Å². The molecule has 10 heteroatoms. The topological polar surface area (TPSA) is 103 Å². The molecule has 3 heterocycles. The second-order valence-electron chi connectivity index (χ2n) is 7.61. The van der Waals surface area contributed by atoms with E-state index in [4.69, 9.17) is 4.42 Å². The number of hydrogen-bond donors (Lipinski definition) is 1. The lowest BCUT2D eigenvalue weighted by Crippen LogP contribution is -2.53. The Morgan fingerprint density at radius 3 is 2.45 bits per heavy atom. The zero-order valence-corrected chi connectivity index (χ0v) is 18.4. The van der Waals surface area contributed by atoms with Crippen molar-refractivity contribution in [3.8, 4) is 0 Å². The predicted octanol–water partition coefficient (Wildman–Crippen LogP) is 1.79. The summed E-state index contributed by atoms with van der Waals surface area (Å²) >= 11 is 3.37. The first-order valence-corrected chi connectivity index (χ1v) is 10.6. The quantitative estimate of drug-likeness (QED) is 0.660. The fraction of sp³-hybridized carbons (Fsp3) is 0.333. The Labute approximate surface area is 187 Å². The van der Waals surface area contributed by atoms with Gasteiger partial charge < -0.3 is 19.5 Å². The third kappa shape index (κ3) is 3.95. The number of rotatable bonds is 4. The molecule has 0 aliphatic carbocycles. The van der Waals surface area contributed by atoms with E-state index in [0.717, 1.165) is 9.37 Å². The highest BCUT2D eigenvalue weighted by molar-refractivity contribution is 9.10. The molecule has 0 saturated carbocycles. The molecule has 1 N–H and O–H groups in total. The van der Waals surface area contributed by atoms with Crippen LogP contribution in [0.3, 0.4) is 0 Å². The molecule has 162 valence electrons. The molecule has 9 nitrogen and oxygen atoms in total. The fourth-order valence-electron chi connectivity index (χ4n) is 3.79. The minimum atomic E-state index is -1.24. The molecule has 2 saturated heterocycles. The summed E-state index contributed by atoms with van der Waals surface area (Å²) in [6.07, 6.45) is 1.44. The van der Waals surface area contributed by atoms with E-state index in [0.29, 0.717) is 31.7 Å². The first kappa shape index (κ1) is 21.1. The number of halogens is 1. The zero-order valence-electron chi connectivity index (χ0n) is 16.8. The molecule has 4 rings (SSSR count). The summed E-state index contributed by atoms with van der Waals surface area (Å²) in [6.45, 7) is 2.61. The summed E-state index contributed by atoms with van der Waals surface area (Å²) in [5.41, 5.74) is -0.616. The average molecular weight is 489 g/mol. The van der Waals surface area contributed by atoms with Crippen molar-refractivity contribution in [2.45, 2.75) is 12.5 Å². The average Bonchev–Trinajstić information content (AvgIpc) is 3.37. The Kier molecular flexibility index (Phi) is 5.57. The smallest absolute Gasteiger partial charge is 0.325 e. The lowest BCUT2D eigenvalue weighted by molar-refractivity contribution is -0.139. The van der Waals surface area contributed by atoms with Gasteiger partial charge in [0.15, 0.2) is 5.76 Å². The summed E-state index contributed by atoms with van der Waals surface area (Å²) < 4.78 is 5.92. The third-order valence-electron chi connectivity index (χ3n) is 5.62. The predicted molar refractivity (Wildman–Crippen MR) is 113 cm³/mol. The van der Waals surface area contributed by atoms with E-state index in [9.17, 15) is 19.2 Å². The Balaban J connectivity index is 1.38. The molecule has 1 aromatic carbocycles. The number of imide groups is 1. The van der Waals surface area contributed by atoms with Crippen molar-refractivity contribution in [1.29, 1.82) is 0 Å². The van der Waals surface area contributed by atoms with Gasteiger partial charge in [0.25, 0.3) is 11.8 Å². The standard InChI is InChI=1S/C21H21BrN4O5/c1-21(14-4-2-5-15(22)12-14)19(29)26(20(30)23-21)13-17(27)24-7-9-25(10-8-24)18(28)16-6-3-11-31-16/h2-6,11-12H,7-10,13H2,1H3,(H,23,30)/t21-/m0/s1. The highest BCUT2D eigenvalue weighted by Gasteiger charge is 2.49. The minimum Gasteiger partial charge on any atom is -0.459 e. The highest BCUT2D eigenvalue weighted by atomic mass is 79.9. The SMILES string of the molecule is C[C@@]1(c2cccc(Br)c2)NC(=O)N(CC(=O)N2CCN(C(=O)c3ccco3)CC2)C1=O. The molecule has 1 atom stereocenters. The van der Waals surface area contributed by atoms with Gasteiger partial charge in [0.2, 0.25) is 5.91 Å². The van der Waals surface area contributed by atoms with E-state index >= 15 is 0 Å². The molecule has 0 radical (unpaired) electrons. The van der Waals surface area contributed by atoms with Crippen LogP contribution in [0.4, 0.5) is 4.79 Å². The van der Waals surface area contributed by atoms with Crippen molar-refractivity contribution in [3.63, 3.8) is 0 Å². The van der Waals surface area contributed by atoms with Gasteiger partial charge in [-0.2, -0.15) is 0 Å². The molecule has 0 unspecified atom stereocenters. The number of amides is 5. The van der Waals surface area contributed by atoms with E-state index < -0.39 is 17.5 Å². The van der Waals surface area contributed by atoms with E-state index in [2.05, 4.69) is 21.2 Å². The van der Waals surface area contributed by atoms with Crippen LogP contribution in [0.2, 0.25) is 0 Å². The summed E-state index contributed by atoms with van der Waals surface area (Å²) in [7, 11) is 0. The summed E-state index contributed by atoms with van der Waals surface area (Å²) in [6, 6.07) is 9.76. The third-order valence-corrected chi connectivity index (χ3v) is 6.12. The molecule has 1 aromatic heterocycles. The molecule has 2 aliphatic rings. The summed E-state index contributed by atoms with van der Waals surface area (Å²) in [5, 5.41) is 2.70. The Hall–Kier alpha value is -3.14. The lowest BCUT2D eigenvalue weighted by atomic mass is 9.92. The molecule has 5 amide bonds. The van der Waals surface area contributed by atoms with Crippen LogP contribution >= 0.6 is 15.9 Å². The van der Waals surface area contributed by atoms with Gasteiger partial charge in [-0.05, 0) is 36.8 Å². The number of carbonyl (C=O) groups excluding carboxylic acids is 4. The van der Waals surface area contributed by atoms with Gasteiger partial charge in [0.1, 0.15) is 12.1 Å². The van der Waals surface area contributed by atoms with Gasteiger partial charge in [0.05, 0.1) is 6.26 Å². The Morgan fingerprint density at radius 1 is 1.10 bits per heavy atom. The Morgan fingerprint density at radius 2 is 1.81 bits per heavy atom. The zero-order chi connectivity index (χ0) is 22.2. The molecular formula is C21H21BrN4O5. The molecule has 2 aliphatic heterocycles. The molecule has 31 heavy (non-hydrogen) atoms. The van der Waals surface area contributed by atoms with Crippen molar-refractivity contribution >= 4 is 39.7 Å². The van der Waals surface area contributed by atoms with E-state index in [1.807, 2.05) is 6.07 Å². The number of furan rings is 1. The second kappa shape index (κ2) is 8.18. The van der Waals surface area contributed by atoms with E-state index in [-0.39, 0.29) is 24.1 Å². The number of hydrogen-bond acceptors (Lipinski definition) is 5. The van der Waals surface area contributed by atoms with Gasteiger partial charge in [-0.25, -0.2) is 4.79 Å². The van der Waals surface area contributed by atoms with Gasteiger partial charge in [-0.15, -0.1) is 0 Å². The maximum Gasteiger partial charge on any atom is 0.325 e. The van der Waals surface area contributed by atoms with Crippen molar-refractivity contribution in [2.75, 3.05) is 32.7 Å². The van der Waals surface area contributed by atoms with Crippen molar-refractivity contribution < 1.29 is 23.6 Å². The van der Waals surface area contributed by atoms with Gasteiger partial charge >= 0.3 is 6.03 Å². The molecular weight excluding hydrogens is 468 g/mol. The number of nitrogens with zero attached hydrogens (tertiary/aromatic N) is 3. The normalized spacial score (nSPS) is 21.4. The van der Waals surface area contributed by atoms with Crippen LogP contribution in [0, 0.1) is 0 Å². The molecule has 0 bridgehead atoms. The van der Waals surface area contributed by atoms with Crippen LogP contribution in [0.5, 0.6) is 0 Å². The number of piperazine rings is 1. The van der Waals surface area contributed by atoms with Crippen LogP contribution in [0.25, 0.3) is 0 Å². The van der Waals surface area contributed by atoms with Crippen molar-refractivity contribution in [2.24, 2.45) is 0 Å². The summed E-state index contributed by atoms with van der Waals surface area (Å²) in [5.74, 6) is -0.787. The summed E-state index contributed by atoms with van der Waals surface area (Å²) in [4.78, 5) is 54.8. The van der Waals surface area contributed by atoms with Crippen LogP contribution < -0.4 is 5.32 Å². The molecule has 2 aromatic rings. The first-order valence-electron chi connectivity index (χ1n) is 9.80. The van der Waals surface area contributed by atoms with Crippen molar-refractivity contribution in [3.05, 3.63) is 58.5 Å². The maximum absolute atomic E-state index is 13.0.